The van der Waals surface area contributed by atoms with E-state index in [-0.39, 0.29) is 37.0 Å². The molecule has 0 radical (unpaired) electrons. The summed E-state index contributed by atoms with van der Waals surface area (Å²) in [5.74, 6) is 0.370. The van der Waals surface area contributed by atoms with Gasteiger partial charge in [-0.1, -0.05) is 12.1 Å². The average molecular weight is 453 g/mol. The van der Waals surface area contributed by atoms with E-state index in [0.717, 1.165) is 0 Å². The van der Waals surface area contributed by atoms with Crippen LogP contribution < -0.4 is 20.1 Å². The molecule has 1 fully saturated rings. The van der Waals surface area contributed by atoms with Gasteiger partial charge < -0.3 is 24.8 Å². The second-order valence-electron chi connectivity index (χ2n) is 7.92. The second kappa shape index (κ2) is 10.4. The van der Waals surface area contributed by atoms with Gasteiger partial charge in [-0.2, -0.15) is 0 Å². The van der Waals surface area contributed by atoms with Crippen molar-refractivity contribution in [2.45, 2.75) is 19.8 Å². The number of carbonyl (C=O) groups excluding carboxylic acids is 3. The Labute approximate surface area is 192 Å². The van der Waals surface area contributed by atoms with Crippen LogP contribution in [0.15, 0.2) is 42.5 Å². The van der Waals surface area contributed by atoms with Crippen molar-refractivity contribution in [2.24, 2.45) is 5.92 Å². The van der Waals surface area contributed by atoms with Crippen molar-refractivity contribution in [3.8, 4) is 11.5 Å². The SMILES string of the molecule is CCOC(=O)C1CCN(CC(=O)Nc2ccccc2C(=O)Nc2ccc3c(c2)OCO3)CC1. The highest BCUT2D eigenvalue weighted by atomic mass is 16.7. The first-order chi connectivity index (χ1) is 16.0. The molecule has 33 heavy (non-hydrogen) atoms. The minimum absolute atomic E-state index is 0.107. The second-order valence-corrected chi connectivity index (χ2v) is 7.92. The lowest BCUT2D eigenvalue weighted by atomic mass is 9.97. The van der Waals surface area contributed by atoms with Gasteiger partial charge in [-0.05, 0) is 57.1 Å². The number of likely N-dealkylation sites (tertiary alicyclic amines) is 1. The van der Waals surface area contributed by atoms with Crippen molar-refractivity contribution in [3.05, 3.63) is 48.0 Å². The van der Waals surface area contributed by atoms with Crippen LogP contribution in [-0.4, -0.2) is 55.7 Å². The molecule has 2 N–H and O–H groups in total. The Morgan fingerprint density at radius 2 is 1.79 bits per heavy atom. The first-order valence-electron chi connectivity index (χ1n) is 11.0. The number of anilines is 2. The van der Waals surface area contributed by atoms with Crippen LogP contribution in [0.3, 0.4) is 0 Å². The van der Waals surface area contributed by atoms with E-state index in [2.05, 4.69) is 10.6 Å². The number of ether oxygens (including phenoxy) is 3. The molecule has 174 valence electrons. The van der Waals surface area contributed by atoms with Crippen LogP contribution in [0.25, 0.3) is 0 Å². The molecule has 2 aliphatic rings. The predicted molar refractivity (Wildman–Crippen MR) is 121 cm³/mol. The minimum atomic E-state index is -0.347. The molecule has 9 nitrogen and oxygen atoms in total. The highest BCUT2D eigenvalue weighted by Gasteiger charge is 2.27. The van der Waals surface area contributed by atoms with Gasteiger partial charge in [-0.25, -0.2) is 0 Å². The smallest absolute Gasteiger partial charge is 0.309 e. The van der Waals surface area contributed by atoms with E-state index in [1.54, 1.807) is 49.4 Å². The van der Waals surface area contributed by atoms with Crippen molar-refractivity contribution in [1.29, 1.82) is 0 Å². The lowest BCUT2D eigenvalue weighted by Gasteiger charge is -2.30. The van der Waals surface area contributed by atoms with Gasteiger partial charge in [0.05, 0.1) is 30.3 Å². The molecule has 0 aromatic heterocycles. The summed E-state index contributed by atoms with van der Waals surface area (Å²) in [6, 6.07) is 12.0. The maximum atomic E-state index is 12.9. The number of rotatable bonds is 7. The number of hydrogen-bond acceptors (Lipinski definition) is 7. The maximum Gasteiger partial charge on any atom is 0.309 e. The summed E-state index contributed by atoms with van der Waals surface area (Å²) in [5, 5.41) is 5.67. The summed E-state index contributed by atoms with van der Waals surface area (Å²) in [4.78, 5) is 39.4. The van der Waals surface area contributed by atoms with E-state index in [0.29, 0.717) is 61.0 Å². The highest BCUT2D eigenvalue weighted by Crippen LogP contribution is 2.34. The quantitative estimate of drug-likeness (QED) is 0.621. The lowest BCUT2D eigenvalue weighted by Crippen LogP contribution is -2.41. The third kappa shape index (κ3) is 5.61. The van der Waals surface area contributed by atoms with Crippen LogP contribution >= 0.6 is 0 Å². The van der Waals surface area contributed by atoms with Gasteiger partial charge in [0, 0.05) is 11.8 Å². The third-order valence-electron chi connectivity index (χ3n) is 5.65. The zero-order valence-electron chi connectivity index (χ0n) is 18.5. The zero-order valence-corrected chi connectivity index (χ0v) is 18.5. The van der Waals surface area contributed by atoms with Gasteiger partial charge in [0.1, 0.15) is 0 Å². The van der Waals surface area contributed by atoms with E-state index in [1.807, 2.05) is 4.90 Å². The Bertz CT molecular complexity index is 1030. The Balaban J connectivity index is 1.33. The van der Waals surface area contributed by atoms with Gasteiger partial charge in [-0.15, -0.1) is 0 Å². The first-order valence-corrected chi connectivity index (χ1v) is 11.0. The van der Waals surface area contributed by atoms with Crippen molar-refractivity contribution in [3.63, 3.8) is 0 Å². The molecule has 2 aliphatic heterocycles. The van der Waals surface area contributed by atoms with Gasteiger partial charge in [0.15, 0.2) is 11.5 Å². The number of nitrogens with one attached hydrogen (secondary N) is 2. The minimum Gasteiger partial charge on any atom is -0.466 e. The molecular weight excluding hydrogens is 426 g/mol. The number of benzene rings is 2. The topological polar surface area (TPSA) is 106 Å². The number of nitrogens with zero attached hydrogens (tertiary/aromatic N) is 1. The third-order valence-corrected chi connectivity index (χ3v) is 5.65. The fourth-order valence-corrected chi connectivity index (χ4v) is 3.94. The Kier molecular flexibility index (Phi) is 7.09. The molecule has 0 bridgehead atoms. The van der Waals surface area contributed by atoms with Gasteiger partial charge in [-0.3, -0.25) is 19.3 Å². The van der Waals surface area contributed by atoms with Gasteiger partial charge in [0.25, 0.3) is 5.91 Å². The molecule has 2 aromatic rings. The monoisotopic (exact) mass is 453 g/mol. The lowest BCUT2D eigenvalue weighted by molar-refractivity contribution is -0.149. The van der Waals surface area contributed by atoms with Crippen molar-refractivity contribution < 1.29 is 28.6 Å². The standard InChI is InChI=1S/C24H27N3O6/c1-2-31-24(30)16-9-11-27(12-10-16)14-22(28)26-19-6-4-3-5-18(19)23(29)25-17-7-8-20-21(13-17)33-15-32-20/h3-8,13,16H,2,9-12,14-15H2,1H3,(H,25,29)(H,26,28). The molecule has 0 atom stereocenters. The Hall–Kier alpha value is -3.59. The number of esters is 1. The van der Waals surface area contributed by atoms with Crippen LogP contribution in [0, 0.1) is 5.92 Å². The molecule has 1 saturated heterocycles. The molecule has 2 heterocycles. The van der Waals surface area contributed by atoms with Crippen molar-refractivity contribution in [1.82, 2.24) is 4.90 Å². The number of hydrogen-bond donors (Lipinski definition) is 2. The molecule has 9 heteroatoms. The fourth-order valence-electron chi connectivity index (χ4n) is 3.94. The molecule has 0 unspecified atom stereocenters. The molecule has 0 saturated carbocycles. The zero-order chi connectivity index (χ0) is 23.2. The summed E-state index contributed by atoms with van der Waals surface area (Å²) < 4.78 is 15.7. The Morgan fingerprint density at radius 3 is 2.58 bits per heavy atom. The van der Waals surface area contributed by atoms with Crippen LogP contribution in [0.5, 0.6) is 11.5 Å². The average Bonchev–Trinajstić information content (AvgIpc) is 3.28. The van der Waals surface area contributed by atoms with Crippen molar-refractivity contribution in [2.75, 3.05) is 43.7 Å². The predicted octanol–water partition coefficient (Wildman–Crippen LogP) is 2.88. The summed E-state index contributed by atoms with van der Waals surface area (Å²) in [7, 11) is 0. The van der Waals surface area contributed by atoms with Crippen LogP contribution in [-0.2, 0) is 14.3 Å². The highest BCUT2D eigenvalue weighted by molar-refractivity contribution is 6.10. The molecule has 4 rings (SSSR count). The molecule has 0 aliphatic carbocycles. The number of amides is 2. The molecule has 2 amide bonds. The van der Waals surface area contributed by atoms with Crippen LogP contribution in [0.4, 0.5) is 11.4 Å². The van der Waals surface area contributed by atoms with Crippen LogP contribution in [0.1, 0.15) is 30.1 Å². The summed E-state index contributed by atoms with van der Waals surface area (Å²) in [5.41, 5.74) is 1.35. The van der Waals surface area contributed by atoms with E-state index in [9.17, 15) is 14.4 Å². The maximum absolute atomic E-state index is 12.9. The van der Waals surface area contributed by atoms with E-state index < -0.39 is 0 Å². The fraction of sp³-hybridized carbons (Fsp3) is 0.375. The summed E-state index contributed by atoms with van der Waals surface area (Å²) >= 11 is 0. The van der Waals surface area contributed by atoms with Gasteiger partial charge in [0.2, 0.25) is 12.7 Å². The number of para-hydroxylation sites is 1. The molecule has 0 spiro atoms. The normalized spacial score (nSPS) is 15.7. The number of piperidine rings is 1. The molecule has 2 aromatic carbocycles. The van der Waals surface area contributed by atoms with Crippen molar-refractivity contribution >= 4 is 29.2 Å². The van der Waals surface area contributed by atoms with Gasteiger partial charge >= 0.3 is 5.97 Å². The van der Waals surface area contributed by atoms with E-state index in [4.69, 9.17) is 14.2 Å². The van der Waals surface area contributed by atoms with E-state index >= 15 is 0 Å². The van der Waals surface area contributed by atoms with Crippen LogP contribution in [0.2, 0.25) is 0 Å². The largest absolute Gasteiger partial charge is 0.466 e. The Morgan fingerprint density at radius 1 is 1.03 bits per heavy atom. The number of carbonyl (C=O) groups is 3. The van der Waals surface area contributed by atoms with E-state index in [1.165, 1.54) is 0 Å². The number of fused-ring (bicyclic) bond motifs is 1. The summed E-state index contributed by atoms with van der Waals surface area (Å²) in [6.45, 7) is 3.80. The summed E-state index contributed by atoms with van der Waals surface area (Å²) in [6.07, 6.45) is 1.33. The first kappa shape index (κ1) is 22.6. The molecular formula is C24H27N3O6.